The number of carboxylic acid groups (broad SMARTS) is 1. The summed E-state index contributed by atoms with van der Waals surface area (Å²) in [4.78, 5) is 11.2. The molecular formula is C12H16ClNO2. The number of nitrogens with two attached hydrogens (primary N) is 1. The maximum Gasteiger partial charge on any atom is 0.324 e. The molecule has 1 saturated carbocycles. The molecule has 0 radical (unpaired) electrons. The van der Waals surface area contributed by atoms with Gasteiger partial charge in [0.05, 0.1) is 0 Å². The van der Waals surface area contributed by atoms with Gasteiger partial charge in [-0.1, -0.05) is 36.8 Å². The Hall–Kier alpha value is -1.06. The Labute approximate surface area is 101 Å². The number of hydrogen-bond acceptors (Lipinski definition) is 2. The molecule has 2 rings (SSSR count). The van der Waals surface area contributed by atoms with Crippen LogP contribution in [0.4, 0.5) is 0 Å². The molecule has 0 aromatic heterocycles. The molecule has 0 unspecified atom stereocenters. The summed E-state index contributed by atoms with van der Waals surface area (Å²) in [6.45, 7) is 0. The Morgan fingerprint density at radius 1 is 1.38 bits per heavy atom. The van der Waals surface area contributed by atoms with Gasteiger partial charge in [-0.2, -0.15) is 0 Å². The van der Waals surface area contributed by atoms with Gasteiger partial charge in [0, 0.05) is 5.92 Å². The van der Waals surface area contributed by atoms with Crippen LogP contribution in [0.1, 0.15) is 30.7 Å². The van der Waals surface area contributed by atoms with Gasteiger partial charge >= 0.3 is 5.97 Å². The van der Waals surface area contributed by atoms with Gasteiger partial charge in [0.25, 0.3) is 0 Å². The molecular weight excluding hydrogens is 226 g/mol. The Balaban J connectivity index is 0.00000128. The second-order valence-corrected chi connectivity index (χ2v) is 4.20. The maximum absolute atomic E-state index is 11.2. The Kier molecular flexibility index (Phi) is 3.94. The normalized spacial score (nSPS) is 28.4. The summed E-state index contributed by atoms with van der Waals surface area (Å²) in [7, 11) is 0. The largest absolute Gasteiger partial charge is 0.480 e. The molecule has 3 N–H and O–H groups in total. The van der Waals surface area contributed by atoms with E-state index in [4.69, 9.17) is 5.73 Å². The van der Waals surface area contributed by atoms with Gasteiger partial charge in [0.1, 0.15) is 5.54 Å². The molecule has 16 heavy (non-hydrogen) atoms. The summed E-state index contributed by atoms with van der Waals surface area (Å²) in [6, 6.07) is 9.70. The third-order valence-corrected chi connectivity index (χ3v) is 3.31. The van der Waals surface area contributed by atoms with Crippen LogP contribution in [0.5, 0.6) is 0 Å². The summed E-state index contributed by atoms with van der Waals surface area (Å²) in [6.07, 6.45) is 2.33. The third kappa shape index (κ3) is 2.06. The van der Waals surface area contributed by atoms with E-state index >= 15 is 0 Å². The molecule has 1 aliphatic carbocycles. The van der Waals surface area contributed by atoms with E-state index in [2.05, 4.69) is 0 Å². The second-order valence-electron chi connectivity index (χ2n) is 4.20. The summed E-state index contributed by atoms with van der Waals surface area (Å²) in [5.41, 5.74) is 5.95. The first-order chi connectivity index (χ1) is 7.14. The zero-order chi connectivity index (χ0) is 10.9. The highest BCUT2D eigenvalue weighted by molar-refractivity contribution is 5.85. The Bertz CT molecular complexity index is 369. The second kappa shape index (κ2) is 4.85. The van der Waals surface area contributed by atoms with E-state index in [0.29, 0.717) is 6.42 Å². The van der Waals surface area contributed by atoms with Crippen LogP contribution in [-0.2, 0) is 4.79 Å². The van der Waals surface area contributed by atoms with Gasteiger partial charge in [-0.25, -0.2) is 0 Å². The molecule has 3 nitrogen and oxygen atoms in total. The lowest BCUT2D eigenvalue weighted by Crippen LogP contribution is -2.49. The van der Waals surface area contributed by atoms with Crippen molar-refractivity contribution in [3.8, 4) is 0 Å². The number of carboxylic acids is 1. The van der Waals surface area contributed by atoms with Gasteiger partial charge in [-0.15, -0.1) is 12.4 Å². The lowest BCUT2D eigenvalue weighted by molar-refractivity contribution is -0.143. The van der Waals surface area contributed by atoms with Crippen molar-refractivity contribution in [2.45, 2.75) is 30.7 Å². The number of hydrogen-bond donors (Lipinski definition) is 2. The van der Waals surface area contributed by atoms with Gasteiger partial charge in [0.2, 0.25) is 0 Å². The average Bonchev–Trinajstić information content (AvgIpc) is 2.63. The maximum atomic E-state index is 11.2. The fourth-order valence-corrected chi connectivity index (χ4v) is 2.44. The number of halogens is 1. The molecule has 1 aromatic carbocycles. The summed E-state index contributed by atoms with van der Waals surface area (Å²) < 4.78 is 0. The van der Waals surface area contributed by atoms with Crippen molar-refractivity contribution in [2.75, 3.05) is 0 Å². The first-order valence-electron chi connectivity index (χ1n) is 5.22. The molecule has 2 atom stereocenters. The van der Waals surface area contributed by atoms with E-state index in [1.807, 2.05) is 30.3 Å². The summed E-state index contributed by atoms with van der Waals surface area (Å²) in [5.74, 6) is -0.926. The predicted molar refractivity (Wildman–Crippen MR) is 64.8 cm³/mol. The van der Waals surface area contributed by atoms with Crippen molar-refractivity contribution in [1.82, 2.24) is 0 Å². The molecule has 0 bridgehead atoms. The van der Waals surface area contributed by atoms with Crippen molar-refractivity contribution in [1.29, 1.82) is 0 Å². The SMILES string of the molecule is Cl.N[C@@]1(C(=O)O)CCC[C@@H]1c1ccccc1. The standard InChI is InChI=1S/C12H15NO2.ClH/c13-12(11(14)15)8-4-7-10(12)9-5-2-1-3-6-9;/h1-3,5-6,10H,4,7-8,13H2,(H,14,15);1H/t10-,12+;/m1./s1. The highest BCUT2D eigenvalue weighted by Gasteiger charge is 2.46. The third-order valence-electron chi connectivity index (χ3n) is 3.31. The lowest BCUT2D eigenvalue weighted by atomic mass is 9.83. The Morgan fingerprint density at radius 2 is 2.00 bits per heavy atom. The quantitative estimate of drug-likeness (QED) is 0.834. The smallest absolute Gasteiger partial charge is 0.324 e. The number of carbonyl (C=O) groups is 1. The number of aliphatic carboxylic acids is 1. The molecule has 0 amide bonds. The van der Waals surface area contributed by atoms with Gasteiger partial charge in [-0.05, 0) is 18.4 Å². The molecule has 1 fully saturated rings. The van der Waals surface area contributed by atoms with Crippen LogP contribution in [0.25, 0.3) is 0 Å². The van der Waals surface area contributed by atoms with Gasteiger partial charge in [0.15, 0.2) is 0 Å². The van der Waals surface area contributed by atoms with Crippen molar-refractivity contribution in [2.24, 2.45) is 5.73 Å². The van der Waals surface area contributed by atoms with Crippen LogP contribution in [0.3, 0.4) is 0 Å². The van der Waals surface area contributed by atoms with E-state index < -0.39 is 11.5 Å². The zero-order valence-corrected chi connectivity index (χ0v) is 9.74. The first kappa shape index (κ1) is 13.0. The van der Waals surface area contributed by atoms with Crippen LogP contribution >= 0.6 is 12.4 Å². The first-order valence-corrected chi connectivity index (χ1v) is 5.22. The number of rotatable bonds is 2. The molecule has 0 saturated heterocycles. The van der Waals surface area contributed by atoms with E-state index in [1.54, 1.807) is 0 Å². The summed E-state index contributed by atoms with van der Waals surface area (Å²) in [5, 5.41) is 9.18. The highest BCUT2D eigenvalue weighted by atomic mass is 35.5. The van der Waals surface area contributed by atoms with Crippen LogP contribution in [0.2, 0.25) is 0 Å². The topological polar surface area (TPSA) is 63.3 Å². The lowest BCUT2D eigenvalue weighted by Gasteiger charge is -2.27. The fourth-order valence-electron chi connectivity index (χ4n) is 2.44. The van der Waals surface area contributed by atoms with Crippen LogP contribution < -0.4 is 5.73 Å². The monoisotopic (exact) mass is 241 g/mol. The zero-order valence-electron chi connectivity index (χ0n) is 8.93. The van der Waals surface area contributed by atoms with Crippen LogP contribution in [0.15, 0.2) is 30.3 Å². The van der Waals surface area contributed by atoms with E-state index in [9.17, 15) is 9.90 Å². The van der Waals surface area contributed by atoms with Gasteiger partial charge < -0.3 is 10.8 Å². The minimum Gasteiger partial charge on any atom is -0.480 e. The van der Waals surface area contributed by atoms with E-state index in [1.165, 1.54) is 0 Å². The number of benzene rings is 1. The van der Waals surface area contributed by atoms with E-state index in [-0.39, 0.29) is 18.3 Å². The predicted octanol–water partition coefficient (Wildman–Crippen LogP) is 2.16. The van der Waals surface area contributed by atoms with Gasteiger partial charge in [-0.3, -0.25) is 4.79 Å². The molecule has 1 aliphatic rings. The minimum atomic E-state index is -1.07. The summed E-state index contributed by atoms with van der Waals surface area (Å²) >= 11 is 0. The molecule has 4 heteroatoms. The molecule has 88 valence electrons. The molecule has 0 spiro atoms. The van der Waals surface area contributed by atoms with Crippen molar-refractivity contribution < 1.29 is 9.90 Å². The molecule has 1 aromatic rings. The minimum absolute atomic E-state index is 0. The van der Waals surface area contributed by atoms with Crippen molar-refractivity contribution in [3.05, 3.63) is 35.9 Å². The molecule has 0 heterocycles. The average molecular weight is 242 g/mol. The highest BCUT2D eigenvalue weighted by Crippen LogP contribution is 2.41. The van der Waals surface area contributed by atoms with Crippen LogP contribution in [0, 0.1) is 0 Å². The van der Waals surface area contributed by atoms with Crippen molar-refractivity contribution in [3.63, 3.8) is 0 Å². The van der Waals surface area contributed by atoms with Crippen LogP contribution in [-0.4, -0.2) is 16.6 Å². The Morgan fingerprint density at radius 3 is 2.56 bits per heavy atom. The molecule has 0 aliphatic heterocycles. The van der Waals surface area contributed by atoms with E-state index in [0.717, 1.165) is 18.4 Å². The van der Waals surface area contributed by atoms with Crippen molar-refractivity contribution >= 4 is 18.4 Å². The fraction of sp³-hybridized carbons (Fsp3) is 0.417.